The molecule has 166 valence electrons. The van der Waals surface area contributed by atoms with Gasteiger partial charge in [-0.05, 0) is 61.2 Å². The Kier molecular flexibility index (Phi) is 8.44. The molecule has 0 saturated heterocycles. The third-order valence-electron chi connectivity index (χ3n) is 4.84. The molecule has 32 heavy (non-hydrogen) atoms. The van der Waals surface area contributed by atoms with Crippen LogP contribution in [-0.4, -0.2) is 17.6 Å². The number of esters is 1. The maximum atomic E-state index is 11.7. The summed E-state index contributed by atoms with van der Waals surface area (Å²) in [6, 6.07) is 17.5. The summed E-state index contributed by atoms with van der Waals surface area (Å²) in [4.78, 5) is 16.1. The highest BCUT2D eigenvalue weighted by atomic mass is 16.5. The van der Waals surface area contributed by atoms with E-state index >= 15 is 0 Å². The second kappa shape index (κ2) is 11.7. The van der Waals surface area contributed by atoms with Gasteiger partial charge in [0.05, 0.1) is 12.8 Å². The van der Waals surface area contributed by atoms with Gasteiger partial charge in [0.25, 0.3) is 0 Å². The first-order chi connectivity index (χ1) is 15.5. The van der Waals surface area contributed by atoms with E-state index in [1.807, 2.05) is 31.2 Å². The van der Waals surface area contributed by atoms with Crippen LogP contribution in [-0.2, 0) is 16.1 Å². The predicted molar refractivity (Wildman–Crippen MR) is 126 cm³/mol. The van der Waals surface area contributed by atoms with Crippen LogP contribution in [0.1, 0.15) is 42.0 Å². The third kappa shape index (κ3) is 7.27. The quantitative estimate of drug-likeness (QED) is 0.210. The molecule has 0 aliphatic rings. The number of unbranched alkanes of at least 4 members (excludes halogenated alkanes) is 1. The van der Waals surface area contributed by atoms with Gasteiger partial charge < -0.3 is 14.2 Å². The highest BCUT2D eigenvalue weighted by Crippen LogP contribution is 2.24. The summed E-state index contributed by atoms with van der Waals surface area (Å²) in [6.07, 6.45) is 6.73. The van der Waals surface area contributed by atoms with Crippen molar-refractivity contribution in [1.29, 1.82) is 0 Å². The van der Waals surface area contributed by atoms with Crippen LogP contribution < -0.4 is 9.47 Å². The molecule has 0 N–H and O–H groups in total. The lowest BCUT2D eigenvalue weighted by atomic mass is 10.1. The lowest BCUT2D eigenvalue weighted by Crippen LogP contribution is -2.01. The number of hydrogen-bond donors (Lipinski definition) is 0. The van der Waals surface area contributed by atoms with Crippen LogP contribution in [0.15, 0.2) is 66.9 Å². The van der Waals surface area contributed by atoms with Gasteiger partial charge in [-0.15, -0.1) is 0 Å². The maximum Gasteiger partial charge on any atom is 0.330 e. The molecule has 2 aromatic carbocycles. The molecular formula is C27H29NO4. The highest BCUT2D eigenvalue weighted by molar-refractivity contribution is 5.87. The van der Waals surface area contributed by atoms with Crippen molar-refractivity contribution in [3.05, 3.63) is 89.1 Å². The Morgan fingerprint density at radius 3 is 2.47 bits per heavy atom. The molecule has 0 aliphatic heterocycles. The Morgan fingerprint density at radius 1 is 1.00 bits per heavy atom. The van der Waals surface area contributed by atoms with Crippen LogP contribution in [0.3, 0.4) is 0 Å². The molecule has 3 aromatic rings. The molecular weight excluding hydrogens is 402 g/mol. The van der Waals surface area contributed by atoms with Gasteiger partial charge in [0.2, 0.25) is 5.88 Å². The zero-order valence-electron chi connectivity index (χ0n) is 18.8. The van der Waals surface area contributed by atoms with Crippen molar-refractivity contribution < 1.29 is 19.0 Å². The number of hydrogen-bond acceptors (Lipinski definition) is 5. The molecule has 5 heteroatoms. The third-order valence-corrected chi connectivity index (χ3v) is 4.84. The molecule has 1 heterocycles. The molecule has 1 aromatic heterocycles. The smallest absolute Gasteiger partial charge is 0.330 e. The van der Waals surface area contributed by atoms with Crippen molar-refractivity contribution in [3.8, 4) is 17.4 Å². The van der Waals surface area contributed by atoms with Crippen molar-refractivity contribution in [2.24, 2.45) is 0 Å². The Balaban J connectivity index is 1.53. The van der Waals surface area contributed by atoms with E-state index in [0.717, 1.165) is 29.5 Å². The maximum absolute atomic E-state index is 11.7. The zero-order chi connectivity index (χ0) is 22.8. The Hall–Kier alpha value is -3.60. The minimum absolute atomic E-state index is 0.327. The number of aromatic nitrogens is 1. The molecule has 3 rings (SSSR count). The Morgan fingerprint density at radius 2 is 1.78 bits per heavy atom. The number of carbonyl (C=O) groups is 1. The van der Waals surface area contributed by atoms with E-state index in [1.165, 1.54) is 11.6 Å². The van der Waals surface area contributed by atoms with Crippen LogP contribution in [0.5, 0.6) is 17.4 Å². The topological polar surface area (TPSA) is 57.7 Å². The molecule has 0 fully saturated rings. The van der Waals surface area contributed by atoms with E-state index in [1.54, 1.807) is 18.3 Å². The van der Waals surface area contributed by atoms with Gasteiger partial charge >= 0.3 is 5.97 Å². The Labute approximate surface area is 189 Å². The number of pyridine rings is 1. The van der Waals surface area contributed by atoms with Crippen LogP contribution in [0, 0.1) is 13.8 Å². The van der Waals surface area contributed by atoms with E-state index in [2.05, 4.69) is 43.1 Å². The van der Waals surface area contributed by atoms with Crippen LogP contribution in [0.25, 0.3) is 6.08 Å². The van der Waals surface area contributed by atoms with Crippen LogP contribution in [0.4, 0.5) is 0 Å². The minimum Gasteiger partial charge on any atom is -0.487 e. The number of carbonyl (C=O) groups excluding carboxylic acids is 1. The second-order valence-electron chi connectivity index (χ2n) is 7.58. The fourth-order valence-corrected chi connectivity index (χ4v) is 2.91. The number of aryl methyl sites for hydroxylation is 2. The van der Waals surface area contributed by atoms with Gasteiger partial charge in [-0.3, -0.25) is 0 Å². The summed E-state index contributed by atoms with van der Waals surface area (Å²) < 4.78 is 16.8. The summed E-state index contributed by atoms with van der Waals surface area (Å²) in [5, 5.41) is 0. The van der Waals surface area contributed by atoms with E-state index in [-0.39, 0.29) is 5.97 Å². The van der Waals surface area contributed by atoms with Gasteiger partial charge in [0, 0.05) is 12.1 Å². The van der Waals surface area contributed by atoms with Crippen molar-refractivity contribution in [1.82, 2.24) is 4.98 Å². The molecule has 0 unspecified atom stereocenters. The molecule has 5 nitrogen and oxygen atoms in total. The van der Waals surface area contributed by atoms with Crippen molar-refractivity contribution in [2.75, 3.05) is 6.61 Å². The van der Waals surface area contributed by atoms with Gasteiger partial charge in [-0.1, -0.05) is 49.2 Å². The first-order valence-electron chi connectivity index (χ1n) is 10.8. The van der Waals surface area contributed by atoms with E-state index in [9.17, 15) is 4.79 Å². The Bertz CT molecular complexity index is 1040. The first-order valence-corrected chi connectivity index (χ1v) is 10.8. The number of benzene rings is 2. The lowest BCUT2D eigenvalue weighted by Gasteiger charge is -2.09. The summed E-state index contributed by atoms with van der Waals surface area (Å²) in [5.74, 6) is 1.51. The lowest BCUT2D eigenvalue weighted by molar-refractivity contribution is -0.137. The van der Waals surface area contributed by atoms with E-state index < -0.39 is 0 Å². The van der Waals surface area contributed by atoms with Crippen LogP contribution >= 0.6 is 0 Å². The highest BCUT2D eigenvalue weighted by Gasteiger charge is 2.04. The molecule has 0 spiro atoms. The monoisotopic (exact) mass is 431 g/mol. The summed E-state index contributed by atoms with van der Waals surface area (Å²) in [5.41, 5.74) is 4.24. The molecule has 0 saturated carbocycles. The summed E-state index contributed by atoms with van der Waals surface area (Å²) in [7, 11) is 0. The number of rotatable bonds is 10. The standard InChI is InChI=1S/C27H29NO4/c1-4-5-16-30-27(29)15-11-23-10-12-24(17-21(23)3)32-26-14-13-25(18-28-26)31-19-22-8-6-20(2)7-9-22/h6-15,17-18H,4-5,16,19H2,1-3H3. The van der Waals surface area contributed by atoms with Gasteiger partial charge in [-0.25, -0.2) is 9.78 Å². The summed E-state index contributed by atoms with van der Waals surface area (Å²) >= 11 is 0. The van der Waals surface area contributed by atoms with E-state index in [0.29, 0.717) is 30.6 Å². The van der Waals surface area contributed by atoms with Gasteiger partial charge in [-0.2, -0.15) is 0 Å². The zero-order valence-corrected chi connectivity index (χ0v) is 18.8. The molecule has 0 atom stereocenters. The number of ether oxygens (including phenoxy) is 3. The summed E-state index contributed by atoms with van der Waals surface area (Å²) in [6.45, 7) is 7.02. The number of nitrogens with zero attached hydrogens (tertiary/aromatic N) is 1. The normalized spacial score (nSPS) is 10.8. The van der Waals surface area contributed by atoms with Crippen molar-refractivity contribution in [3.63, 3.8) is 0 Å². The molecule has 0 amide bonds. The fraction of sp³-hybridized carbons (Fsp3) is 0.259. The minimum atomic E-state index is -0.327. The average molecular weight is 432 g/mol. The van der Waals surface area contributed by atoms with Crippen molar-refractivity contribution >= 4 is 12.0 Å². The average Bonchev–Trinajstić information content (AvgIpc) is 2.79. The van der Waals surface area contributed by atoms with Crippen LogP contribution in [0.2, 0.25) is 0 Å². The fourth-order valence-electron chi connectivity index (χ4n) is 2.91. The molecule has 0 bridgehead atoms. The van der Waals surface area contributed by atoms with Gasteiger partial charge in [0.1, 0.15) is 18.1 Å². The molecule has 0 radical (unpaired) electrons. The van der Waals surface area contributed by atoms with Gasteiger partial charge in [0.15, 0.2) is 0 Å². The second-order valence-corrected chi connectivity index (χ2v) is 7.58. The van der Waals surface area contributed by atoms with E-state index in [4.69, 9.17) is 14.2 Å². The predicted octanol–water partition coefficient (Wildman–Crippen LogP) is 6.43. The first kappa shape index (κ1) is 23.1. The largest absolute Gasteiger partial charge is 0.487 e. The SMILES string of the molecule is CCCCOC(=O)C=Cc1ccc(Oc2ccc(OCc3ccc(C)cc3)cn2)cc1C. The molecule has 0 aliphatic carbocycles. The van der Waals surface area contributed by atoms with Crippen molar-refractivity contribution in [2.45, 2.75) is 40.2 Å².